The Labute approximate surface area is 164 Å². The number of aromatic nitrogens is 2. The largest absolute Gasteiger partial charge is 0.369 e. The van der Waals surface area contributed by atoms with Gasteiger partial charge in [0.1, 0.15) is 0 Å². The van der Waals surface area contributed by atoms with E-state index in [1.54, 1.807) is 11.1 Å². The molecule has 0 radical (unpaired) electrons. The Morgan fingerprint density at radius 1 is 1.33 bits per heavy atom. The number of carbonyl (C=O) groups is 2. The summed E-state index contributed by atoms with van der Waals surface area (Å²) in [6, 6.07) is 6.29. The molecule has 1 aliphatic heterocycles. The number of aryl methyl sites for hydroxylation is 2. The summed E-state index contributed by atoms with van der Waals surface area (Å²) in [6.07, 6.45) is 5.25. The number of hydrogen-bond donors (Lipinski definition) is 1. The number of thioether (sulfide) groups is 1. The van der Waals surface area contributed by atoms with Gasteiger partial charge in [-0.1, -0.05) is 23.9 Å². The highest BCUT2D eigenvalue weighted by molar-refractivity contribution is 8.00. The maximum Gasteiger partial charge on any atom is 0.235 e. The number of amides is 2. The summed E-state index contributed by atoms with van der Waals surface area (Å²) < 4.78 is 2.03. The molecule has 0 aliphatic carbocycles. The van der Waals surface area contributed by atoms with Crippen molar-refractivity contribution in [1.82, 2.24) is 14.5 Å². The van der Waals surface area contributed by atoms with Crippen molar-refractivity contribution in [3.05, 3.63) is 41.7 Å². The first kappa shape index (κ1) is 19.5. The van der Waals surface area contributed by atoms with Gasteiger partial charge in [-0.3, -0.25) is 14.2 Å². The van der Waals surface area contributed by atoms with Crippen LogP contribution in [0.25, 0.3) is 5.69 Å². The van der Waals surface area contributed by atoms with Crippen LogP contribution in [0.1, 0.15) is 30.9 Å². The third-order valence-corrected chi connectivity index (χ3v) is 6.06. The van der Waals surface area contributed by atoms with Gasteiger partial charge < -0.3 is 10.6 Å². The molecule has 1 aliphatic rings. The molecule has 3 rings (SSSR count). The number of nitrogens with two attached hydrogens (primary N) is 1. The first-order valence-corrected chi connectivity index (χ1v) is 10.1. The van der Waals surface area contributed by atoms with E-state index >= 15 is 0 Å². The van der Waals surface area contributed by atoms with Gasteiger partial charge in [-0.15, -0.1) is 0 Å². The molecule has 2 heterocycles. The third-order valence-electron chi connectivity index (χ3n) is 5.00. The minimum absolute atomic E-state index is 0.0291. The number of imidazole rings is 1. The Morgan fingerprint density at radius 3 is 2.85 bits per heavy atom. The summed E-state index contributed by atoms with van der Waals surface area (Å²) >= 11 is 1.44. The number of piperidine rings is 1. The van der Waals surface area contributed by atoms with Crippen molar-refractivity contribution in [3.63, 3.8) is 0 Å². The Kier molecular flexibility index (Phi) is 5.89. The molecule has 6 nitrogen and oxygen atoms in total. The molecule has 0 bridgehead atoms. The van der Waals surface area contributed by atoms with Crippen LogP contribution in [-0.2, 0) is 9.59 Å². The molecule has 2 amide bonds. The van der Waals surface area contributed by atoms with Gasteiger partial charge in [0.05, 0.1) is 16.9 Å². The van der Waals surface area contributed by atoms with Crippen molar-refractivity contribution in [2.24, 2.45) is 11.7 Å². The van der Waals surface area contributed by atoms with Crippen LogP contribution in [0.2, 0.25) is 0 Å². The molecule has 1 saturated heterocycles. The highest BCUT2D eigenvalue weighted by atomic mass is 32.2. The average Bonchev–Trinajstić information content (AvgIpc) is 3.11. The molecule has 1 aromatic carbocycles. The second-order valence-corrected chi connectivity index (χ2v) is 8.46. The fraction of sp³-hybridized carbons (Fsp3) is 0.450. The number of nitrogens with zero attached hydrogens (tertiary/aromatic N) is 3. The second-order valence-electron chi connectivity index (χ2n) is 7.16. The number of likely N-dealkylation sites (tertiary alicyclic amines) is 1. The fourth-order valence-corrected chi connectivity index (χ4v) is 4.38. The van der Waals surface area contributed by atoms with E-state index in [0.29, 0.717) is 13.1 Å². The van der Waals surface area contributed by atoms with Gasteiger partial charge in [0, 0.05) is 25.5 Å². The molecule has 144 valence electrons. The lowest BCUT2D eigenvalue weighted by Crippen LogP contribution is -2.46. The minimum Gasteiger partial charge on any atom is -0.369 e. The minimum atomic E-state index is -0.321. The van der Waals surface area contributed by atoms with Crippen molar-refractivity contribution >= 4 is 23.6 Å². The molecule has 0 saturated carbocycles. The van der Waals surface area contributed by atoms with Crippen LogP contribution >= 0.6 is 11.8 Å². The van der Waals surface area contributed by atoms with Gasteiger partial charge in [0.2, 0.25) is 11.8 Å². The van der Waals surface area contributed by atoms with Crippen LogP contribution in [0.4, 0.5) is 0 Å². The van der Waals surface area contributed by atoms with Gasteiger partial charge in [0.15, 0.2) is 5.16 Å². The summed E-state index contributed by atoms with van der Waals surface area (Å²) in [5, 5.41) is 0.496. The van der Waals surface area contributed by atoms with E-state index < -0.39 is 0 Å². The molecular weight excluding hydrogens is 360 g/mol. The Hall–Kier alpha value is -2.28. The highest BCUT2D eigenvalue weighted by Crippen LogP contribution is 2.28. The molecular formula is C20H26N4O2S. The normalized spacial score (nSPS) is 18.3. The van der Waals surface area contributed by atoms with E-state index in [4.69, 9.17) is 5.73 Å². The van der Waals surface area contributed by atoms with E-state index in [1.165, 1.54) is 17.3 Å². The lowest BCUT2D eigenvalue weighted by atomic mass is 9.97. The first-order valence-electron chi connectivity index (χ1n) is 9.22. The van der Waals surface area contributed by atoms with Crippen molar-refractivity contribution in [2.45, 2.75) is 44.0 Å². The molecule has 2 unspecified atom stereocenters. The van der Waals surface area contributed by atoms with Crippen LogP contribution in [0.3, 0.4) is 0 Å². The summed E-state index contributed by atoms with van der Waals surface area (Å²) in [4.78, 5) is 30.6. The van der Waals surface area contributed by atoms with E-state index in [2.05, 4.69) is 37.0 Å². The molecule has 0 spiro atoms. The van der Waals surface area contributed by atoms with Gasteiger partial charge in [-0.2, -0.15) is 0 Å². The van der Waals surface area contributed by atoms with Crippen LogP contribution in [0.5, 0.6) is 0 Å². The third kappa shape index (κ3) is 4.35. The smallest absolute Gasteiger partial charge is 0.235 e. The molecule has 7 heteroatoms. The molecule has 2 atom stereocenters. The van der Waals surface area contributed by atoms with E-state index in [-0.39, 0.29) is 23.0 Å². The molecule has 1 fully saturated rings. The van der Waals surface area contributed by atoms with Crippen LogP contribution in [-0.4, -0.2) is 44.6 Å². The summed E-state index contributed by atoms with van der Waals surface area (Å²) in [5.74, 6) is -0.531. The zero-order valence-corrected chi connectivity index (χ0v) is 16.8. The van der Waals surface area contributed by atoms with Crippen molar-refractivity contribution in [1.29, 1.82) is 0 Å². The van der Waals surface area contributed by atoms with Crippen molar-refractivity contribution in [2.75, 3.05) is 13.1 Å². The number of hydrogen-bond acceptors (Lipinski definition) is 4. The zero-order valence-electron chi connectivity index (χ0n) is 16.0. The maximum absolute atomic E-state index is 12.9. The first-order chi connectivity index (χ1) is 12.9. The standard InChI is InChI=1S/C20H26N4O2S/c1-13-6-7-14(2)17(11-13)24-10-8-22-20(24)27-15(3)19(26)23-9-4-5-16(12-23)18(21)25/h6-8,10-11,15-16H,4-5,9,12H2,1-3H3,(H2,21,25). The number of rotatable bonds is 5. The second kappa shape index (κ2) is 8.17. The summed E-state index contributed by atoms with van der Waals surface area (Å²) in [7, 11) is 0. The Balaban J connectivity index is 1.74. The lowest BCUT2D eigenvalue weighted by Gasteiger charge is -2.32. The van der Waals surface area contributed by atoms with Gasteiger partial charge in [0.25, 0.3) is 0 Å². The molecule has 1 aromatic heterocycles. The monoisotopic (exact) mass is 386 g/mol. The molecule has 27 heavy (non-hydrogen) atoms. The van der Waals surface area contributed by atoms with E-state index in [1.807, 2.05) is 17.7 Å². The predicted octanol–water partition coefficient (Wildman–Crippen LogP) is 2.69. The Bertz CT molecular complexity index is 848. The van der Waals surface area contributed by atoms with Crippen LogP contribution < -0.4 is 5.73 Å². The average molecular weight is 387 g/mol. The van der Waals surface area contributed by atoms with Crippen LogP contribution in [0.15, 0.2) is 35.7 Å². The molecule has 2 aromatic rings. The predicted molar refractivity (Wildman–Crippen MR) is 107 cm³/mol. The van der Waals surface area contributed by atoms with Crippen molar-refractivity contribution < 1.29 is 9.59 Å². The number of carbonyl (C=O) groups excluding carboxylic acids is 2. The molecule has 2 N–H and O–H groups in total. The van der Waals surface area contributed by atoms with E-state index in [0.717, 1.165) is 29.2 Å². The van der Waals surface area contributed by atoms with E-state index in [9.17, 15) is 9.59 Å². The Morgan fingerprint density at radius 2 is 2.11 bits per heavy atom. The topological polar surface area (TPSA) is 81.2 Å². The maximum atomic E-state index is 12.9. The summed E-state index contributed by atoms with van der Waals surface area (Å²) in [5.41, 5.74) is 8.83. The summed E-state index contributed by atoms with van der Waals surface area (Å²) in [6.45, 7) is 7.12. The van der Waals surface area contributed by atoms with Gasteiger partial charge in [-0.25, -0.2) is 4.98 Å². The number of primary amides is 1. The number of benzene rings is 1. The van der Waals surface area contributed by atoms with Crippen LogP contribution in [0, 0.1) is 19.8 Å². The highest BCUT2D eigenvalue weighted by Gasteiger charge is 2.30. The zero-order chi connectivity index (χ0) is 19.6. The van der Waals surface area contributed by atoms with Gasteiger partial charge in [-0.05, 0) is 50.8 Å². The van der Waals surface area contributed by atoms with Crippen molar-refractivity contribution in [3.8, 4) is 5.69 Å². The fourth-order valence-electron chi connectivity index (χ4n) is 3.41. The lowest BCUT2D eigenvalue weighted by molar-refractivity contribution is -0.134. The quantitative estimate of drug-likeness (QED) is 0.801. The SMILES string of the molecule is Cc1ccc(C)c(-n2ccnc2SC(C)C(=O)N2CCCC(C(N)=O)C2)c1. The van der Waals surface area contributed by atoms with Gasteiger partial charge >= 0.3 is 0 Å².